The Balaban J connectivity index is 1.46. The number of likely N-dealkylation sites (N-methyl/N-ethyl adjacent to an activating group) is 1. The molecule has 0 amide bonds. The molecular formula is C25H31NO3. The van der Waals surface area contributed by atoms with Gasteiger partial charge in [0, 0.05) is 7.05 Å². The fraction of sp³-hybridized carbons (Fsp3) is 0.520. The fourth-order valence-electron chi connectivity index (χ4n) is 6.87. The number of aliphatic hydroxyl groups is 1. The van der Waals surface area contributed by atoms with Gasteiger partial charge in [-0.1, -0.05) is 25.1 Å². The maximum atomic E-state index is 11.4. The van der Waals surface area contributed by atoms with Gasteiger partial charge in [0.1, 0.15) is 11.5 Å². The third-order valence-electron chi connectivity index (χ3n) is 8.44. The number of rotatable bonds is 2. The Morgan fingerprint density at radius 2 is 1.86 bits per heavy atom. The lowest BCUT2D eigenvalue weighted by atomic mass is 9.55. The molecule has 2 aromatic carbocycles. The molecule has 0 unspecified atom stereocenters. The SMILES string of the molecule is CN(c1ccccc1O)[C@@H]1C[C@H]2[C@@H]3CCc4cc(O)ccc4[C@H]3CC[C@]2(C)[C@H]1O. The Morgan fingerprint density at radius 3 is 2.66 bits per heavy atom. The van der Waals surface area contributed by atoms with E-state index in [2.05, 4.69) is 17.9 Å². The van der Waals surface area contributed by atoms with Crippen LogP contribution in [0.2, 0.25) is 0 Å². The van der Waals surface area contributed by atoms with Crippen LogP contribution in [0.4, 0.5) is 5.69 Å². The van der Waals surface area contributed by atoms with Crippen molar-refractivity contribution >= 4 is 5.69 Å². The minimum atomic E-state index is -0.403. The van der Waals surface area contributed by atoms with Gasteiger partial charge in [-0.2, -0.15) is 0 Å². The number of phenolic OH excluding ortho intramolecular Hbond substituents is 2. The summed E-state index contributed by atoms with van der Waals surface area (Å²) in [6.07, 6.45) is 4.80. The minimum absolute atomic E-state index is 0.0123. The van der Waals surface area contributed by atoms with E-state index in [-0.39, 0.29) is 17.2 Å². The Labute approximate surface area is 172 Å². The third-order valence-corrected chi connectivity index (χ3v) is 8.44. The predicted molar refractivity (Wildman–Crippen MR) is 114 cm³/mol. The maximum absolute atomic E-state index is 11.4. The molecule has 29 heavy (non-hydrogen) atoms. The van der Waals surface area contributed by atoms with Crippen LogP contribution in [0.1, 0.15) is 49.7 Å². The Kier molecular flexibility index (Phi) is 4.32. The van der Waals surface area contributed by atoms with E-state index in [0.29, 0.717) is 23.5 Å². The maximum Gasteiger partial charge on any atom is 0.138 e. The highest BCUT2D eigenvalue weighted by Crippen LogP contribution is 2.61. The van der Waals surface area contributed by atoms with Crippen LogP contribution in [0.15, 0.2) is 42.5 Å². The quantitative estimate of drug-likeness (QED) is 0.706. The second-order valence-corrected chi connectivity index (χ2v) is 9.69. The summed E-state index contributed by atoms with van der Waals surface area (Å²) in [6, 6.07) is 13.3. The number of para-hydroxylation sites is 2. The molecule has 0 saturated heterocycles. The average Bonchev–Trinajstić information content (AvgIpc) is 2.98. The van der Waals surface area contributed by atoms with Crippen LogP contribution in [-0.4, -0.2) is 34.5 Å². The summed E-state index contributed by atoms with van der Waals surface area (Å²) in [5.74, 6) is 2.20. The van der Waals surface area contributed by atoms with Crippen LogP contribution >= 0.6 is 0 Å². The number of aryl methyl sites for hydroxylation is 1. The van der Waals surface area contributed by atoms with Crippen molar-refractivity contribution in [2.24, 2.45) is 17.3 Å². The van der Waals surface area contributed by atoms with Crippen molar-refractivity contribution in [3.8, 4) is 11.5 Å². The van der Waals surface area contributed by atoms with Crippen LogP contribution in [0, 0.1) is 17.3 Å². The Hall–Kier alpha value is -2.20. The van der Waals surface area contributed by atoms with Gasteiger partial charge in [-0.25, -0.2) is 0 Å². The van der Waals surface area contributed by atoms with Crippen LogP contribution in [0.25, 0.3) is 0 Å². The summed E-state index contributed by atoms with van der Waals surface area (Å²) < 4.78 is 0. The van der Waals surface area contributed by atoms with Gasteiger partial charge >= 0.3 is 0 Å². The van der Waals surface area contributed by atoms with Crippen molar-refractivity contribution < 1.29 is 15.3 Å². The summed E-state index contributed by atoms with van der Waals surface area (Å²) in [7, 11) is 2.00. The van der Waals surface area contributed by atoms with Crippen LogP contribution in [-0.2, 0) is 6.42 Å². The number of aliphatic hydroxyl groups excluding tert-OH is 1. The minimum Gasteiger partial charge on any atom is -0.508 e. The van der Waals surface area contributed by atoms with E-state index in [1.807, 2.05) is 37.4 Å². The van der Waals surface area contributed by atoms with Crippen LogP contribution < -0.4 is 4.90 Å². The number of aromatic hydroxyl groups is 2. The molecule has 154 valence electrons. The van der Waals surface area contributed by atoms with Gasteiger partial charge in [-0.3, -0.25) is 0 Å². The number of benzene rings is 2. The average molecular weight is 394 g/mol. The molecule has 3 N–H and O–H groups in total. The monoisotopic (exact) mass is 393 g/mol. The highest BCUT2D eigenvalue weighted by atomic mass is 16.3. The van der Waals surface area contributed by atoms with E-state index in [1.165, 1.54) is 11.1 Å². The van der Waals surface area contributed by atoms with Gasteiger partial charge in [0.2, 0.25) is 0 Å². The van der Waals surface area contributed by atoms with Gasteiger partial charge in [-0.05, 0) is 90.7 Å². The van der Waals surface area contributed by atoms with Gasteiger partial charge in [0.15, 0.2) is 0 Å². The molecule has 2 saturated carbocycles. The van der Waals surface area contributed by atoms with E-state index in [9.17, 15) is 15.3 Å². The van der Waals surface area contributed by atoms with E-state index in [4.69, 9.17) is 0 Å². The largest absolute Gasteiger partial charge is 0.508 e. The smallest absolute Gasteiger partial charge is 0.138 e. The lowest BCUT2D eigenvalue weighted by Crippen LogP contribution is -2.47. The molecule has 3 aliphatic carbocycles. The molecule has 0 spiro atoms. The molecule has 5 rings (SSSR count). The van der Waals surface area contributed by atoms with Crippen molar-refractivity contribution in [1.29, 1.82) is 0 Å². The van der Waals surface area contributed by atoms with Crippen molar-refractivity contribution in [3.63, 3.8) is 0 Å². The molecular weight excluding hydrogens is 362 g/mol. The molecule has 0 aliphatic heterocycles. The predicted octanol–water partition coefficient (Wildman–Crippen LogP) is 4.43. The summed E-state index contributed by atoms with van der Waals surface area (Å²) in [5.41, 5.74) is 3.42. The van der Waals surface area contributed by atoms with E-state index >= 15 is 0 Å². The van der Waals surface area contributed by atoms with Crippen molar-refractivity contribution in [2.45, 2.75) is 57.1 Å². The lowest BCUT2D eigenvalue weighted by molar-refractivity contribution is -0.0258. The van der Waals surface area contributed by atoms with Crippen LogP contribution in [0.5, 0.6) is 11.5 Å². The van der Waals surface area contributed by atoms with Crippen molar-refractivity contribution in [3.05, 3.63) is 53.6 Å². The number of nitrogens with zero attached hydrogens (tertiary/aromatic N) is 1. The molecule has 0 bridgehead atoms. The molecule has 4 heteroatoms. The Bertz CT molecular complexity index is 928. The normalized spacial score (nSPS) is 35.5. The summed E-state index contributed by atoms with van der Waals surface area (Å²) in [4.78, 5) is 2.09. The standard InChI is InChI=1S/C25H31NO3/c1-25-12-11-18-17-10-8-16(27)13-15(17)7-9-19(18)20(25)14-22(24(25)29)26(2)21-5-3-4-6-23(21)28/h3-6,8,10,13,18-20,22,24,27-29H,7,9,11-12,14H2,1-2H3/t18-,19-,20+,22-,24+,25+/m1/s1. The summed E-state index contributed by atoms with van der Waals surface area (Å²) in [6.45, 7) is 2.28. The van der Waals surface area contributed by atoms with Gasteiger partial charge in [0.25, 0.3) is 0 Å². The topological polar surface area (TPSA) is 63.9 Å². The first kappa shape index (κ1) is 18.8. The zero-order chi connectivity index (χ0) is 20.3. The van der Waals surface area contributed by atoms with Gasteiger partial charge < -0.3 is 20.2 Å². The highest BCUT2D eigenvalue weighted by molar-refractivity contribution is 5.58. The molecule has 0 radical (unpaired) electrons. The molecule has 2 aromatic rings. The zero-order valence-electron chi connectivity index (χ0n) is 17.3. The van der Waals surface area contributed by atoms with Crippen molar-refractivity contribution in [2.75, 3.05) is 11.9 Å². The first-order valence-electron chi connectivity index (χ1n) is 10.9. The number of anilines is 1. The third kappa shape index (κ3) is 2.76. The van der Waals surface area contributed by atoms with E-state index in [1.54, 1.807) is 6.07 Å². The lowest BCUT2D eigenvalue weighted by Gasteiger charge is -2.50. The molecule has 2 fully saturated rings. The fourth-order valence-corrected chi connectivity index (χ4v) is 6.87. The summed E-state index contributed by atoms with van der Waals surface area (Å²) >= 11 is 0. The molecule has 4 nitrogen and oxygen atoms in total. The first-order chi connectivity index (χ1) is 13.9. The molecule has 6 atom stereocenters. The van der Waals surface area contributed by atoms with Crippen LogP contribution in [0.3, 0.4) is 0 Å². The number of fused-ring (bicyclic) bond motifs is 5. The highest BCUT2D eigenvalue weighted by Gasteiger charge is 2.58. The van der Waals surface area contributed by atoms with E-state index < -0.39 is 6.10 Å². The molecule has 0 aromatic heterocycles. The summed E-state index contributed by atoms with van der Waals surface area (Å²) in [5, 5.41) is 31.6. The second-order valence-electron chi connectivity index (χ2n) is 9.69. The number of phenols is 2. The van der Waals surface area contributed by atoms with E-state index in [0.717, 1.165) is 37.8 Å². The number of hydrogen-bond acceptors (Lipinski definition) is 4. The molecule has 3 aliphatic rings. The second kappa shape index (κ2) is 6.66. The Morgan fingerprint density at radius 1 is 1.07 bits per heavy atom. The first-order valence-corrected chi connectivity index (χ1v) is 10.9. The molecule has 0 heterocycles. The van der Waals surface area contributed by atoms with Gasteiger partial charge in [0.05, 0.1) is 17.8 Å². The van der Waals surface area contributed by atoms with Crippen molar-refractivity contribution in [1.82, 2.24) is 0 Å². The zero-order valence-corrected chi connectivity index (χ0v) is 17.3. The number of hydrogen-bond donors (Lipinski definition) is 3. The van der Waals surface area contributed by atoms with Gasteiger partial charge in [-0.15, -0.1) is 0 Å².